The molecule has 1 saturated heterocycles. The quantitative estimate of drug-likeness (QED) is 0.854. The van der Waals surface area contributed by atoms with Crippen LogP contribution in [-0.2, 0) is 4.79 Å². The first-order chi connectivity index (χ1) is 8.72. The molecule has 1 aliphatic heterocycles. The molecular weight excluding hydrogens is 244 g/mol. The van der Waals surface area contributed by atoms with E-state index in [4.69, 9.17) is 0 Å². The fourth-order valence-electron chi connectivity index (χ4n) is 3.09. The van der Waals surface area contributed by atoms with Gasteiger partial charge in [0.2, 0.25) is 5.91 Å². The van der Waals surface area contributed by atoms with Crippen molar-refractivity contribution < 1.29 is 4.79 Å². The zero-order valence-electron chi connectivity index (χ0n) is 11.7. The van der Waals surface area contributed by atoms with Crippen LogP contribution in [0, 0.1) is 0 Å². The third-order valence-corrected chi connectivity index (χ3v) is 5.82. The molecule has 18 heavy (non-hydrogen) atoms. The lowest BCUT2D eigenvalue weighted by Gasteiger charge is -2.36. The van der Waals surface area contributed by atoms with Gasteiger partial charge in [-0.3, -0.25) is 4.79 Å². The number of hydrogen-bond donors (Lipinski definition) is 1. The lowest BCUT2D eigenvalue weighted by Crippen LogP contribution is -2.46. The smallest absolute Gasteiger partial charge is 0.235 e. The van der Waals surface area contributed by atoms with E-state index in [2.05, 4.69) is 10.2 Å². The van der Waals surface area contributed by atoms with Crippen LogP contribution in [0.25, 0.3) is 0 Å². The second kappa shape index (κ2) is 6.80. The highest BCUT2D eigenvalue weighted by molar-refractivity contribution is 8.00. The van der Waals surface area contributed by atoms with Gasteiger partial charge in [-0.15, -0.1) is 11.8 Å². The number of carbonyl (C=O) groups excluding carboxylic acids is 1. The van der Waals surface area contributed by atoms with Crippen LogP contribution in [0.2, 0.25) is 0 Å². The monoisotopic (exact) mass is 270 g/mol. The van der Waals surface area contributed by atoms with E-state index >= 15 is 0 Å². The predicted octanol–water partition coefficient (Wildman–Crippen LogP) is 2.26. The molecule has 4 heteroatoms. The van der Waals surface area contributed by atoms with Gasteiger partial charge >= 0.3 is 0 Å². The summed E-state index contributed by atoms with van der Waals surface area (Å²) in [5.41, 5.74) is 0. The van der Waals surface area contributed by atoms with Gasteiger partial charge in [0.05, 0.1) is 5.25 Å². The summed E-state index contributed by atoms with van der Waals surface area (Å²) in [5, 5.41) is 3.59. The molecule has 2 rings (SSSR count). The molecule has 2 fully saturated rings. The Morgan fingerprint density at radius 1 is 1.17 bits per heavy atom. The van der Waals surface area contributed by atoms with Crippen LogP contribution in [0.3, 0.4) is 0 Å². The highest BCUT2D eigenvalue weighted by atomic mass is 32.2. The van der Waals surface area contributed by atoms with Crippen molar-refractivity contribution in [3.05, 3.63) is 0 Å². The molecule has 1 N–H and O–H groups in total. The number of nitrogens with zero attached hydrogens (tertiary/aromatic N) is 1. The van der Waals surface area contributed by atoms with Crippen LogP contribution < -0.4 is 5.32 Å². The lowest BCUT2D eigenvalue weighted by atomic mass is 9.90. The van der Waals surface area contributed by atoms with E-state index in [-0.39, 0.29) is 5.25 Å². The molecule has 1 atom stereocenters. The van der Waals surface area contributed by atoms with Gasteiger partial charge in [-0.25, -0.2) is 0 Å². The first kappa shape index (κ1) is 14.2. The minimum absolute atomic E-state index is 0.241. The molecule has 0 aromatic carbocycles. The maximum absolute atomic E-state index is 12.4. The van der Waals surface area contributed by atoms with E-state index in [9.17, 15) is 4.79 Å². The standard InChI is InChI=1S/C14H26N2OS/c1-15-11-6-8-12(9-7-11)16(2)14(17)13-5-3-4-10-18-13/h11-13,15H,3-10H2,1-2H3. The van der Waals surface area contributed by atoms with Gasteiger partial charge in [-0.1, -0.05) is 6.42 Å². The Morgan fingerprint density at radius 3 is 2.44 bits per heavy atom. The van der Waals surface area contributed by atoms with Gasteiger partial charge in [-0.05, 0) is 51.3 Å². The Kier molecular flexibility index (Phi) is 5.37. The van der Waals surface area contributed by atoms with E-state index in [1.165, 1.54) is 25.7 Å². The number of amides is 1. The maximum Gasteiger partial charge on any atom is 0.235 e. The van der Waals surface area contributed by atoms with Crippen molar-refractivity contribution in [1.82, 2.24) is 10.2 Å². The molecule has 1 saturated carbocycles. The average Bonchev–Trinajstić information content (AvgIpc) is 2.47. The Labute approximate surface area is 115 Å². The fourth-order valence-corrected chi connectivity index (χ4v) is 4.39. The summed E-state index contributed by atoms with van der Waals surface area (Å²) in [5.74, 6) is 1.55. The van der Waals surface area contributed by atoms with Crippen molar-refractivity contribution in [1.29, 1.82) is 0 Å². The number of carbonyl (C=O) groups is 1. The molecule has 0 aromatic heterocycles. The fraction of sp³-hybridized carbons (Fsp3) is 0.929. The van der Waals surface area contributed by atoms with Gasteiger partial charge < -0.3 is 10.2 Å². The van der Waals surface area contributed by atoms with Crippen LogP contribution >= 0.6 is 11.8 Å². The van der Waals surface area contributed by atoms with E-state index in [1.807, 2.05) is 25.9 Å². The Morgan fingerprint density at radius 2 is 1.89 bits per heavy atom. The molecule has 104 valence electrons. The summed E-state index contributed by atoms with van der Waals surface area (Å²) in [6.07, 6.45) is 8.32. The van der Waals surface area contributed by atoms with Gasteiger partial charge in [-0.2, -0.15) is 0 Å². The number of rotatable bonds is 3. The summed E-state index contributed by atoms with van der Waals surface area (Å²) in [4.78, 5) is 14.5. The second-order valence-electron chi connectivity index (χ2n) is 5.60. The average molecular weight is 270 g/mol. The summed E-state index contributed by atoms with van der Waals surface area (Å²) in [6.45, 7) is 0. The molecule has 0 radical (unpaired) electrons. The summed E-state index contributed by atoms with van der Waals surface area (Å²) >= 11 is 1.87. The van der Waals surface area contributed by atoms with E-state index in [0.717, 1.165) is 25.0 Å². The van der Waals surface area contributed by atoms with E-state index in [1.54, 1.807) is 0 Å². The molecule has 3 nitrogen and oxygen atoms in total. The predicted molar refractivity (Wildman–Crippen MR) is 78.0 cm³/mol. The minimum atomic E-state index is 0.241. The van der Waals surface area contributed by atoms with E-state index < -0.39 is 0 Å². The van der Waals surface area contributed by atoms with Crippen molar-refractivity contribution >= 4 is 17.7 Å². The number of nitrogens with one attached hydrogen (secondary N) is 1. The van der Waals surface area contributed by atoms with Crippen LogP contribution in [0.15, 0.2) is 0 Å². The molecule has 0 spiro atoms. The summed E-state index contributed by atoms with van der Waals surface area (Å²) in [7, 11) is 4.06. The van der Waals surface area contributed by atoms with Gasteiger partial charge in [0, 0.05) is 19.1 Å². The van der Waals surface area contributed by atoms with Crippen LogP contribution in [0.5, 0.6) is 0 Å². The van der Waals surface area contributed by atoms with Gasteiger partial charge in [0.1, 0.15) is 0 Å². The Bertz CT molecular complexity index is 271. The lowest BCUT2D eigenvalue weighted by molar-refractivity contribution is -0.132. The van der Waals surface area contributed by atoms with E-state index in [0.29, 0.717) is 18.0 Å². The van der Waals surface area contributed by atoms with Gasteiger partial charge in [0.15, 0.2) is 0 Å². The van der Waals surface area contributed by atoms with Crippen molar-refractivity contribution in [3.8, 4) is 0 Å². The minimum Gasteiger partial charge on any atom is -0.342 e. The highest BCUT2D eigenvalue weighted by Gasteiger charge is 2.30. The van der Waals surface area contributed by atoms with Crippen LogP contribution in [0.1, 0.15) is 44.9 Å². The number of hydrogen-bond acceptors (Lipinski definition) is 3. The molecule has 1 heterocycles. The van der Waals surface area contributed by atoms with Crippen molar-refractivity contribution in [2.75, 3.05) is 19.8 Å². The third-order valence-electron chi connectivity index (χ3n) is 4.46. The third kappa shape index (κ3) is 3.41. The maximum atomic E-state index is 12.4. The molecule has 1 aliphatic carbocycles. The molecular formula is C14H26N2OS. The first-order valence-electron chi connectivity index (χ1n) is 7.28. The Hall–Kier alpha value is -0.220. The van der Waals surface area contributed by atoms with Crippen LogP contribution in [0.4, 0.5) is 0 Å². The van der Waals surface area contributed by atoms with Crippen LogP contribution in [-0.4, -0.2) is 48.0 Å². The highest BCUT2D eigenvalue weighted by Crippen LogP contribution is 2.29. The molecule has 1 amide bonds. The summed E-state index contributed by atoms with van der Waals surface area (Å²) < 4.78 is 0. The molecule has 1 unspecified atom stereocenters. The largest absolute Gasteiger partial charge is 0.342 e. The normalized spacial score (nSPS) is 33.1. The van der Waals surface area contributed by atoms with Crippen molar-refractivity contribution in [2.45, 2.75) is 62.3 Å². The SMILES string of the molecule is CNC1CCC(N(C)C(=O)C2CCCCS2)CC1. The van der Waals surface area contributed by atoms with Crippen molar-refractivity contribution in [3.63, 3.8) is 0 Å². The number of thioether (sulfide) groups is 1. The zero-order chi connectivity index (χ0) is 13.0. The molecule has 2 aliphatic rings. The molecule has 0 bridgehead atoms. The molecule has 0 aromatic rings. The Balaban J connectivity index is 1.83. The second-order valence-corrected chi connectivity index (χ2v) is 6.91. The summed E-state index contributed by atoms with van der Waals surface area (Å²) in [6, 6.07) is 1.14. The van der Waals surface area contributed by atoms with Crippen molar-refractivity contribution in [2.24, 2.45) is 0 Å². The van der Waals surface area contributed by atoms with Gasteiger partial charge in [0.25, 0.3) is 0 Å². The topological polar surface area (TPSA) is 32.3 Å². The zero-order valence-corrected chi connectivity index (χ0v) is 12.5. The first-order valence-corrected chi connectivity index (χ1v) is 8.32.